The monoisotopic (exact) mass is 411 g/mol. The Bertz CT molecular complexity index is 1150. The van der Waals surface area contributed by atoms with Gasteiger partial charge in [-0.05, 0) is 70.2 Å². The molecule has 2 heterocycles. The molecule has 0 saturated carbocycles. The van der Waals surface area contributed by atoms with Crippen molar-refractivity contribution in [3.63, 3.8) is 0 Å². The largest absolute Gasteiger partial charge is 0.532 e. The molecule has 0 radical (unpaired) electrons. The SMILES string of the molecule is CC1(C)OB(c2cc3ccc(N(c4ccccc4)c4ccccc4)cc3o2)OC1(C)C. The second kappa shape index (κ2) is 7.29. The Kier molecular flexibility index (Phi) is 4.69. The second-order valence-corrected chi connectivity index (χ2v) is 8.97. The lowest BCUT2D eigenvalue weighted by molar-refractivity contribution is 0.00578. The Morgan fingerprint density at radius 3 is 1.74 bits per heavy atom. The van der Waals surface area contributed by atoms with Gasteiger partial charge in [-0.15, -0.1) is 0 Å². The number of fused-ring (bicyclic) bond motifs is 1. The molecule has 5 rings (SSSR count). The van der Waals surface area contributed by atoms with E-state index in [2.05, 4.69) is 47.4 Å². The van der Waals surface area contributed by atoms with Gasteiger partial charge in [0.15, 0.2) is 0 Å². The predicted octanol–water partition coefficient (Wildman–Crippen LogP) is 6.20. The van der Waals surface area contributed by atoms with Gasteiger partial charge in [0.2, 0.25) is 0 Å². The highest BCUT2D eigenvalue weighted by Gasteiger charge is 2.53. The van der Waals surface area contributed by atoms with Gasteiger partial charge in [-0.25, -0.2) is 0 Å². The molecule has 5 heteroatoms. The average molecular weight is 411 g/mol. The van der Waals surface area contributed by atoms with Crippen LogP contribution < -0.4 is 10.6 Å². The minimum atomic E-state index is -0.514. The standard InChI is InChI=1S/C26H26BNO3/c1-25(2)26(3,4)31-27(30-25)24-17-19-15-16-22(18-23(19)29-24)28(20-11-7-5-8-12-20)21-13-9-6-10-14-21/h5-18H,1-4H3. The first-order valence-corrected chi connectivity index (χ1v) is 10.6. The van der Waals surface area contributed by atoms with E-state index in [9.17, 15) is 0 Å². The Hall–Kier alpha value is -3.02. The van der Waals surface area contributed by atoms with Gasteiger partial charge < -0.3 is 18.6 Å². The molecule has 0 aliphatic carbocycles. The van der Waals surface area contributed by atoms with Gasteiger partial charge in [-0.3, -0.25) is 0 Å². The van der Waals surface area contributed by atoms with E-state index in [1.807, 2.05) is 70.2 Å². The molecular weight excluding hydrogens is 385 g/mol. The van der Waals surface area contributed by atoms with E-state index in [0.717, 1.165) is 28.0 Å². The summed E-state index contributed by atoms with van der Waals surface area (Å²) in [6.45, 7) is 8.19. The molecule has 4 aromatic rings. The van der Waals surface area contributed by atoms with Crippen molar-refractivity contribution in [2.75, 3.05) is 4.90 Å². The summed E-state index contributed by atoms with van der Waals surface area (Å²) in [6.07, 6.45) is 0. The molecule has 0 N–H and O–H groups in total. The summed E-state index contributed by atoms with van der Waals surface area (Å²) in [5, 5.41) is 1.02. The minimum absolute atomic E-state index is 0.404. The smallest absolute Gasteiger partial charge is 0.465 e. The number of hydrogen-bond donors (Lipinski definition) is 0. The Balaban J connectivity index is 1.55. The lowest BCUT2D eigenvalue weighted by Crippen LogP contribution is -2.41. The van der Waals surface area contributed by atoms with Crippen molar-refractivity contribution >= 4 is 40.8 Å². The van der Waals surface area contributed by atoms with Gasteiger partial charge in [0.25, 0.3) is 0 Å². The highest BCUT2D eigenvalue weighted by atomic mass is 16.7. The third-order valence-electron chi connectivity index (χ3n) is 6.30. The van der Waals surface area contributed by atoms with Crippen molar-refractivity contribution in [2.45, 2.75) is 38.9 Å². The van der Waals surface area contributed by atoms with E-state index in [1.54, 1.807) is 0 Å². The molecule has 4 nitrogen and oxygen atoms in total. The van der Waals surface area contributed by atoms with Crippen molar-refractivity contribution in [1.82, 2.24) is 0 Å². The number of rotatable bonds is 4. The zero-order valence-electron chi connectivity index (χ0n) is 18.3. The Morgan fingerprint density at radius 1 is 0.645 bits per heavy atom. The molecule has 3 aromatic carbocycles. The lowest BCUT2D eigenvalue weighted by atomic mass is 9.86. The first-order chi connectivity index (χ1) is 14.8. The maximum absolute atomic E-state index is 6.22. The molecule has 0 amide bonds. The molecule has 0 spiro atoms. The summed E-state index contributed by atoms with van der Waals surface area (Å²) in [7, 11) is -0.514. The van der Waals surface area contributed by atoms with Gasteiger partial charge >= 0.3 is 7.12 Å². The van der Waals surface area contributed by atoms with Crippen LogP contribution in [0, 0.1) is 0 Å². The van der Waals surface area contributed by atoms with E-state index >= 15 is 0 Å². The maximum Gasteiger partial charge on any atom is 0.532 e. The highest BCUT2D eigenvalue weighted by Crippen LogP contribution is 2.38. The molecule has 0 unspecified atom stereocenters. The molecule has 1 aliphatic rings. The van der Waals surface area contributed by atoms with Crippen LogP contribution in [-0.2, 0) is 9.31 Å². The van der Waals surface area contributed by atoms with Gasteiger partial charge in [0, 0.05) is 28.5 Å². The zero-order valence-corrected chi connectivity index (χ0v) is 18.3. The number of benzene rings is 3. The average Bonchev–Trinajstić information content (AvgIpc) is 3.27. The van der Waals surface area contributed by atoms with Gasteiger partial charge in [0.1, 0.15) is 11.2 Å². The van der Waals surface area contributed by atoms with Crippen LogP contribution in [0.25, 0.3) is 11.0 Å². The highest BCUT2D eigenvalue weighted by molar-refractivity contribution is 6.61. The van der Waals surface area contributed by atoms with Crippen molar-refractivity contribution in [2.24, 2.45) is 0 Å². The fraction of sp³-hybridized carbons (Fsp3) is 0.231. The van der Waals surface area contributed by atoms with Gasteiger partial charge in [-0.2, -0.15) is 0 Å². The normalized spacial score (nSPS) is 17.2. The molecule has 1 fully saturated rings. The number of hydrogen-bond acceptors (Lipinski definition) is 4. The van der Waals surface area contributed by atoms with E-state index in [4.69, 9.17) is 13.7 Å². The van der Waals surface area contributed by atoms with Crippen LogP contribution in [-0.4, -0.2) is 18.3 Å². The minimum Gasteiger partial charge on any atom is -0.465 e. The van der Waals surface area contributed by atoms with Gasteiger partial charge in [0.05, 0.1) is 11.2 Å². The van der Waals surface area contributed by atoms with E-state index in [-0.39, 0.29) is 0 Å². The van der Waals surface area contributed by atoms with Crippen LogP contribution >= 0.6 is 0 Å². The van der Waals surface area contributed by atoms with Crippen LogP contribution in [0.15, 0.2) is 89.3 Å². The number of anilines is 3. The fourth-order valence-electron chi connectivity index (χ4n) is 3.86. The van der Waals surface area contributed by atoms with Crippen molar-refractivity contribution < 1.29 is 13.7 Å². The molecule has 1 aromatic heterocycles. The summed E-state index contributed by atoms with van der Waals surface area (Å²) in [6, 6.07) is 29.0. The summed E-state index contributed by atoms with van der Waals surface area (Å²) in [4.78, 5) is 2.22. The molecule has 156 valence electrons. The number of para-hydroxylation sites is 2. The lowest BCUT2D eigenvalue weighted by Gasteiger charge is -2.32. The van der Waals surface area contributed by atoms with Crippen molar-refractivity contribution in [3.05, 3.63) is 84.9 Å². The first kappa shape index (κ1) is 19.9. The molecule has 31 heavy (non-hydrogen) atoms. The third-order valence-corrected chi connectivity index (χ3v) is 6.30. The summed E-state index contributed by atoms with van der Waals surface area (Å²) in [5.74, 6) is 0. The van der Waals surface area contributed by atoms with Crippen LogP contribution in [0.3, 0.4) is 0 Å². The predicted molar refractivity (Wildman–Crippen MR) is 127 cm³/mol. The number of furan rings is 1. The van der Waals surface area contributed by atoms with Crippen LogP contribution in [0.1, 0.15) is 27.7 Å². The third kappa shape index (κ3) is 3.54. The summed E-state index contributed by atoms with van der Waals surface area (Å²) in [5.41, 5.74) is 3.89. The second-order valence-electron chi connectivity index (χ2n) is 8.97. The summed E-state index contributed by atoms with van der Waals surface area (Å²) >= 11 is 0. The van der Waals surface area contributed by atoms with Crippen LogP contribution in [0.5, 0.6) is 0 Å². The Morgan fingerprint density at radius 2 is 1.19 bits per heavy atom. The number of nitrogens with zero attached hydrogens (tertiary/aromatic N) is 1. The molecule has 1 saturated heterocycles. The van der Waals surface area contributed by atoms with Crippen LogP contribution in [0.4, 0.5) is 17.1 Å². The Labute approximate surface area is 183 Å². The van der Waals surface area contributed by atoms with Crippen molar-refractivity contribution in [3.8, 4) is 0 Å². The summed E-state index contributed by atoms with van der Waals surface area (Å²) < 4.78 is 18.6. The van der Waals surface area contributed by atoms with Gasteiger partial charge in [-0.1, -0.05) is 36.4 Å². The molecule has 0 atom stereocenters. The van der Waals surface area contributed by atoms with E-state index < -0.39 is 18.3 Å². The fourth-order valence-corrected chi connectivity index (χ4v) is 3.86. The first-order valence-electron chi connectivity index (χ1n) is 10.6. The molecular formula is C26H26BNO3. The van der Waals surface area contributed by atoms with Crippen LogP contribution in [0.2, 0.25) is 0 Å². The van der Waals surface area contributed by atoms with Crippen molar-refractivity contribution in [1.29, 1.82) is 0 Å². The van der Waals surface area contributed by atoms with E-state index in [1.165, 1.54) is 0 Å². The molecule has 1 aliphatic heterocycles. The topological polar surface area (TPSA) is 34.8 Å². The zero-order chi connectivity index (χ0) is 21.6. The maximum atomic E-state index is 6.22. The quantitative estimate of drug-likeness (QED) is 0.375. The molecule has 0 bridgehead atoms. The van der Waals surface area contributed by atoms with E-state index in [0.29, 0.717) is 5.66 Å².